The van der Waals surface area contributed by atoms with E-state index >= 15 is 0 Å². The normalized spacial score (nSPS) is 14.7. The van der Waals surface area contributed by atoms with Crippen LogP contribution in [-0.4, -0.2) is 62.3 Å². The van der Waals surface area contributed by atoms with Crippen molar-refractivity contribution in [1.29, 1.82) is 0 Å². The van der Waals surface area contributed by atoms with Gasteiger partial charge in [0.15, 0.2) is 6.61 Å². The van der Waals surface area contributed by atoms with Gasteiger partial charge < -0.3 is 29.4 Å². The second-order valence-electron chi connectivity index (χ2n) is 10.9. The summed E-state index contributed by atoms with van der Waals surface area (Å²) in [5, 5.41) is 9.80. The van der Waals surface area contributed by atoms with Crippen molar-refractivity contribution in [3.63, 3.8) is 0 Å². The van der Waals surface area contributed by atoms with Gasteiger partial charge in [-0.2, -0.15) is 0 Å². The third-order valence-corrected chi connectivity index (χ3v) is 8.01. The van der Waals surface area contributed by atoms with Gasteiger partial charge in [-0.05, 0) is 86.8 Å². The molecule has 0 radical (unpaired) electrons. The molecule has 42 heavy (non-hydrogen) atoms. The van der Waals surface area contributed by atoms with Crippen LogP contribution in [0.15, 0.2) is 60.9 Å². The van der Waals surface area contributed by atoms with Gasteiger partial charge >= 0.3 is 5.97 Å². The van der Waals surface area contributed by atoms with Crippen LogP contribution in [0.5, 0.6) is 11.5 Å². The van der Waals surface area contributed by atoms with Gasteiger partial charge in [0, 0.05) is 29.8 Å². The number of fused-ring (bicyclic) bond motifs is 1. The van der Waals surface area contributed by atoms with E-state index in [2.05, 4.69) is 56.9 Å². The van der Waals surface area contributed by atoms with Gasteiger partial charge in [-0.15, -0.1) is 0 Å². The zero-order valence-corrected chi connectivity index (χ0v) is 24.0. The maximum absolute atomic E-state index is 10.8. The summed E-state index contributed by atoms with van der Waals surface area (Å²) in [6, 6.07) is 17.5. The number of ether oxygens (including phenoxy) is 2. The molecular formula is C32H34N6O4. The number of aromatic nitrogens is 5. The Bertz CT molecular complexity index is 1700. The summed E-state index contributed by atoms with van der Waals surface area (Å²) in [5.74, 6) is 2.30. The number of aryl methyl sites for hydroxylation is 1. The molecular weight excluding hydrogens is 532 g/mol. The van der Waals surface area contributed by atoms with Crippen LogP contribution in [0, 0.1) is 6.92 Å². The standard InChI is InChI=1S/C32H34N6O4/c1-4-41-23-11-7-22(8-12-23)28-20(2)35-31(37-28)32(3)13-15-38(16-14-32)30-25-17-26(36-29(25)33-19-34-30)21-5-9-24(10-6-21)42-18-27(39)40/h5-12,17,19H,4,13-16,18H2,1-3H3,(H,35,37)(H,39,40)(H,33,34,36). The molecule has 6 rings (SSSR count). The molecule has 0 atom stereocenters. The van der Waals surface area contributed by atoms with Crippen molar-refractivity contribution in [3.05, 3.63) is 72.4 Å². The molecule has 0 bridgehead atoms. The van der Waals surface area contributed by atoms with Gasteiger partial charge in [-0.25, -0.2) is 19.7 Å². The van der Waals surface area contributed by atoms with Crippen molar-refractivity contribution < 1.29 is 19.4 Å². The molecule has 0 saturated carbocycles. The Morgan fingerprint density at radius 1 is 0.976 bits per heavy atom. The highest BCUT2D eigenvalue weighted by Gasteiger charge is 2.36. The van der Waals surface area contributed by atoms with Gasteiger partial charge in [-0.1, -0.05) is 6.92 Å². The van der Waals surface area contributed by atoms with Gasteiger partial charge in [-0.3, -0.25) is 0 Å². The summed E-state index contributed by atoms with van der Waals surface area (Å²) < 4.78 is 10.9. The smallest absolute Gasteiger partial charge is 0.341 e. The van der Waals surface area contributed by atoms with E-state index in [1.165, 1.54) is 0 Å². The lowest BCUT2D eigenvalue weighted by Crippen LogP contribution is -2.42. The molecule has 0 unspecified atom stereocenters. The summed E-state index contributed by atoms with van der Waals surface area (Å²) in [6.07, 6.45) is 3.47. The number of anilines is 1. The van der Waals surface area contributed by atoms with E-state index < -0.39 is 5.97 Å². The average molecular weight is 567 g/mol. The van der Waals surface area contributed by atoms with Crippen molar-refractivity contribution in [2.24, 2.45) is 0 Å². The van der Waals surface area contributed by atoms with E-state index in [0.717, 1.165) is 82.6 Å². The topological polar surface area (TPSA) is 129 Å². The Hall–Kier alpha value is -4.86. The highest BCUT2D eigenvalue weighted by molar-refractivity contribution is 5.92. The summed E-state index contributed by atoms with van der Waals surface area (Å²) in [4.78, 5) is 34.3. The third kappa shape index (κ3) is 5.39. The molecule has 5 aromatic rings. The minimum absolute atomic E-state index is 0.0787. The molecule has 1 fully saturated rings. The van der Waals surface area contributed by atoms with E-state index in [-0.39, 0.29) is 12.0 Å². The van der Waals surface area contributed by atoms with Crippen LogP contribution in [0.1, 0.15) is 38.2 Å². The Labute approximate surface area is 243 Å². The number of aliphatic carboxylic acids is 1. The van der Waals surface area contributed by atoms with Crippen molar-refractivity contribution in [2.75, 3.05) is 31.2 Å². The fraction of sp³-hybridized carbons (Fsp3) is 0.312. The van der Waals surface area contributed by atoms with Crippen molar-refractivity contribution >= 4 is 22.8 Å². The lowest BCUT2D eigenvalue weighted by Gasteiger charge is -2.38. The highest BCUT2D eigenvalue weighted by Crippen LogP contribution is 2.38. The molecule has 10 nitrogen and oxygen atoms in total. The first-order chi connectivity index (χ1) is 20.3. The Morgan fingerprint density at radius 2 is 1.64 bits per heavy atom. The lowest BCUT2D eigenvalue weighted by molar-refractivity contribution is -0.139. The molecule has 3 N–H and O–H groups in total. The highest BCUT2D eigenvalue weighted by atomic mass is 16.5. The summed E-state index contributed by atoms with van der Waals surface area (Å²) in [7, 11) is 0. The third-order valence-electron chi connectivity index (χ3n) is 8.01. The lowest BCUT2D eigenvalue weighted by atomic mass is 9.79. The molecule has 0 amide bonds. The van der Waals surface area contributed by atoms with Crippen molar-refractivity contribution in [3.8, 4) is 34.0 Å². The molecule has 216 valence electrons. The number of carboxylic acid groups (broad SMARTS) is 1. The number of carboxylic acids is 1. The number of hydrogen-bond acceptors (Lipinski definition) is 7. The zero-order chi connectivity index (χ0) is 29.3. The van der Waals surface area contributed by atoms with Crippen LogP contribution in [0.3, 0.4) is 0 Å². The first-order valence-electron chi connectivity index (χ1n) is 14.2. The van der Waals surface area contributed by atoms with E-state index in [1.807, 2.05) is 31.2 Å². The SMILES string of the molecule is CCOc1ccc(-c2[nH]c(C3(C)CCN(c4ncnc5[nH]c(-c6ccc(OCC(=O)O)cc6)cc45)CC3)nc2C)cc1. The minimum atomic E-state index is -1.01. The predicted molar refractivity (Wildman–Crippen MR) is 161 cm³/mol. The van der Waals surface area contributed by atoms with Crippen LogP contribution in [0.25, 0.3) is 33.5 Å². The number of nitrogens with zero attached hydrogens (tertiary/aromatic N) is 4. The van der Waals surface area contributed by atoms with Crippen LogP contribution >= 0.6 is 0 Å². The minimum Gasteiger partial charge on any atom is -0.494 e. The zero-order valence-electron chi connectivity index (χ0n) is 24.0. The quantitative estimate of drug-likeness (QED) is 0.206. The maximum Gasteiger partial charge on any atom is 0.341 e. The van der Waals surface area contributed by atoms with Crippen LogP contribution < -0.4 is 14.4 Å². The maximum atomic E-state index is 10.8. The summed E-state index contributed by atoms with van der Waals surface area (Å²) in [5.41, 5.74) is 5.70. The molecule has 2 aromatic carbocycles. The van der Waals surface area contributed by atoms with E-state index in [4.69, 9.17) is 19.6 Å². The van der Waals surface area contributed by atoms with Gasteiger partial charge in [0.2, 0.25) is 0 Å². The molecule has 0 aliphatic carbocycles. The molecule has 3 aromatic heterocycles. The summed E-state index contributed by atoms with van der Waals surface area (Å²) >= 11 is 0. The molecule has 1 aliphatic heterocycles. The van der Waals surface area contributed by atoms with E-state index in [0.29, 0.717) is 12.4 Å². The number of rotatable bonds is 9. The van der Waals surface area contributed by atoms with E-state index in [9.17, 15) is 4.79 Å². The number of aromatic amines is 2. The fourth-order valence-electron chi connectivity index (χ4n) is 5.57. The van der Waals surface area contributed by atoms with Crippen LogP contribution in [-0.2, 0) is 10.2 Å². The number of hydrogen-bond donors (Lipinski definition) is 3. The summed E-state index contributed by atoms with van der Waals surface area (Å²) in [6.45, 7) is 8.30. The van der Waals surface area contributed by atoms with Crippen molar-refractivity contribution in [1.82, 2.24) is 24.9 Å². The van der Waals surface area contributed by atoms with Crippen molar-refractivity contribution in [2.45, 2.75) is 39.0 Å². The molecule has 1 aliphatic rings. The number of carbonyl (C=O) groups is 1. The second-order valence-corrected chi connectivity index (χ2v) is 10.9. The Balaban J connectivity index is 1.18. The number of nitrogens with one attached hydrogen (secondary N) is 2. The van der Waals surface area contributed by atoms with Gasteiger partial charge in [0.05, 0.1) is 23.4 Å². The van der Waals surface area contributed by atoms with Crippen LogP contribution in [0.4, 0.5) is 5.82 Å². The van der Waals surface area contributed by atoms with Crippen LogP contribution in [0.2, 0.25) is 0 Å². The Morgan fingerprint density at radius 3 is 2.31 bits per heavy atom. The number of imidazole rings is 1. The molecule has 10 heteroatoms. The number of H-pyrrole nitrogens is 2. The number of benzene rings is 2. The largest absolute Gasteiger partial charge is 0.494 e. The molecule has 0 spiro atoms. The van der Waals surface area contributed by atoms with Gasteiger partial charge in [0.1, 0.15) is 35.1 Å². The first-order valence-corrected chi connectivity index (χ1v) is 14.2. The van der Waals surface area contributed by atoms with Gasteiger partial charge in [0.25, 0.3) is 0 Å². The predicted octanol–water partition coefficient (Wildman–Crippen LogP) is 5.74. The monoisotopic (exact) mass is 566 g/mol. The van der Waals surface area contributed by atoms with E-state index in [1.54, 1.807) is 18.5 Å². The first kappa shape index (κ1) is 27.3. The Kier molecular flexibility index (Phi) is 7.28. The molecule has 4 heterocycles. The average Bonchev–Trinajstić information content (AvgIpc) is 3.62. The second kappa shape index (κ2) is 11.2. The molecule has 1 saturated heterocycles. The fourth-order valence-corrected chi connectivity index (χ4v) is 5.57. The number of piperidine rings is 1.